The van der Waals surface area contributed by atoms with E-state index >= 15 is 0 Å². The highest BCUT2D eigenvalue weighted by Gasteiger charge is 2.13. The van der Waals surface area contributed by atoms with Crippen LogP contribution in [0, 0.1) is 6.92 Å². The normalized spacial score (nSPS) is 10.6. The summed E-state index contributed by atoms with van der Waals surface area (Å²) in [6, 6.07) is 11.5. The zero-order chi connectivity index (χ0) is 15.5. The molecule has 4 nitrogen and oxygen atoms in total. The number of carbonyl (C=O) groups is 1. The van der Waals surface area contributed by atoms with Crippen molar-refractivity contribution in [3.05, 3.63) is 65.6 Å². The van der Waals surface area contributed by atoms with Gasteiger partial charge in [-0.3, -0.25) is 14.8 Å². The second-order valence-corrected chi connectivity index (χ2v) is 5.15. The monoisotopic (exact) mass is 291 g/mol. The van der Waals surface area contributed by atoms with Crippen LogP contribution in [0.1, 0.15) is 28.5 Å². The molecule has 2 aromatic heterocycles. The third-order valence-corrected chi connectivity index (χ3v) is 3.70. The van der Waals surface area contributed by atoms with Crippen molar-refractivity contribution >= 4 is 22.5 Å². The first-order valence-electron chi connectivity index (χ1n) is 7.29. The highest BCUT2D eigenvalue weighted by Crippen LogP contribution is 2.19. The van der Waals surface area contributed by atoms with Crippen molar-refractivity contribution in [1.29, 1.82) is 0 Å². The van der Waals surface area contributed by atoms with Gasteiger partial charge in [0.05, 0.1) is 16.8 Å². The molecule has 22 heavy (non-hydrogen) atoms. The van der Waals surface area contributed by atoms with Crippen molar-refractivity contribution in [1.82, 2.24) is 9.97 Å². The number of aryl methyl sites for hydroxylation is 2. The zero-order valence-electron chi connectivity index (χ0n) is 12.6. The Labute approximate surface area is 129 Å². The van der Waals surface area contributed by atoms with Gasteiger partial charge < -0.3 is 5.32 Å². The third-order valence-electron chi connectivity index (χ3n) is 3.70. The minimum absolute atomic E-state index is 0.142. The van der Waals surface area contributed by atoms with E-state index in [4.69, 9.17) is 0 Å². The van der Waals surface area contributed by atoms with E-state index < -0.39 is 0 Å². The molecule has 0 aliphatic rings. The van der Waals surface area contributed by atoms with Gasteiger partial charge >= 0.3 is 0 Å². The Bertz CT molecular complexity index is 843. The molecule has 0 spiro atoms. The molecule has 1 N–H and O–H groups in total. The summed E-state index contributed by atoms with van der Waals surface area (Å²) in [6.45, 7) is 3.92. The predicted molar refractivity (Wildman–Crippen MR) is 88.0 cm³/mol. The molecule has 3 rings (SSSR count). The number of para-hydroxylation sites is 1. The lowest BCUT2D eigenvalue weighted by molar-refractivity contribution is 0.102. The standard InChI is InChI=1S/C18H17N3O/c1-3-13-6-4-5-7-16(13)21-18(22)15-10-14-11-19-9-8-17(14)20-12(15)2/h4-11H,3H2,1-2H3,(H,21,22). The van der Waals surface area contributed by atoms with E-state index in [2.05, 4.69) is 22.2 Å². The molecule has 0 saturated carbocycles. The lowest BCUT2D eigenvalue weighted by Gasteiger charge is -2.11. The second-order valence-electron chi connectivity index (χ2n) is 5.15. The predicted octanol–water partition coefficient (Wildman–Crippen LogP) is 3.75. The number of fused-ring (bicyclic) bond motifs is 1. The molecule has 1 aromatic carbocycles. The molecule has 0 unspecified atom stereocenters. The number of aromatic nitrogens is 2. The van der Waals surface area contributed by atoms with E-state index in [1.165, 1.54) is 0 Å². The summed E-state index contributed by atoms with van der Waals surface area (Å²) < 4.78 is 0. The van der Waals surface area contributed by atoms with Gasteiger partial charge in [-0.05, 0) is 37.1 Å². The van der Waals surface area contributed by atoms with Crippen molar-refractivity contribution in [3.8, 4) is 0 Å². The summed E-state index contributed by atoms with van der Waals surface area (Å²) in [5, 5.41) is 3.85. The second kappa shape index (κ2) is 5.93. The molecule has 0 fully saturated rings. The van der Waals surface area contributed by atoms with Gasteiger partial charge in [0.2, 0.25) is 0 Å². The van der Waals surface area contributed by atoms with Crippen LogP contribution >= 0.6 is 0 Å². The Kier molecular flexibility index (Phi) is 3.83. The number of nitrogens with zero attached hydrogens (tertiary/aromatic N) is 2. The SMILES string of the molecule is CCc1ccccc1NC(=O)c1cc2cnccc2nc1C. The maximum atomic E-state index is 12.6. The molecular formula is C18H17N3O. The van der Waals surface area contributed by atoms with Gasteiger partial charge in [-0.25, -0.2) is 0 Å². The van der Waals surface area contributed by atoms with E-state index in [1.54, 1.807) is 12.4 Å². The summed E-state index contributed by atoms with van der Waals surface area (Å²) in [5.74, 6) is -0.142. The van der Waals surface area contributed by atoms with Gasteiger partial charge in [0.1, 0.15) is 0 Å². The van der Waals surface area contributed by atoms with Crippen LogP contribution in [-0.2, 0) is 6.42 Å². The third kappa shape index (κ3) is 2.68. The first-order chi connectivity index (χ1) is 10.7. The fourth-order valence-electron chi connectivity index (χ4n) is 2.48. The fourth-order valence-corrected chi connectivity index (χ4v) is 2.48. The van der Waals surface area contributed by atoms with Gasteiger partial charge in [0.15, 0.2) is 0 Å². The molecule has 0 aliphatic heterocycles. The van der Waals surface area contributed by atoms with Crippen molar-refractivity contribution in [3.63, 3.8) is 0 Å². The molecule has 1 amide bonds. The minimum atomic E-state index is -0.142. The molecule has 3 aromatic rings. The highest BCUT2D eigenvalue weighted by molar-refractivity contribution is 6.07. The maximum Gasteiger partial charge on any atom is 0.257 e. The fraction of sp³-hybridized carbons (Fsp3) is 0.167. The van der Waals surface area contributed by atoms with E-state index in [-0.39, 0.29) is 5.91 Å². The average molecular weight is 291 g/mol. The number of carbonyl (C=O) groups excluding carboxylic acids is 1. The van der Waals surface area contributed by atoms with Crippen LogP contribution in [0.5, 0.6) is 0 Å². The number of amides is 1. The highest BCUT2D eigenvalue weighted by atomic mass is 16.1. The molecule has 0 aliphatic carbocycles. The van der Waals surface area contributed by atoms with Crippen LogP contribution in [-0.4, -0.2) is 15.9 Å². The molecule has 0 bridgehead atoms. The van der Waals surface area contributed by atoms with Gasteiger partial charge in [0, 0.05) is 23.5 Å². The van der Waals surface area contributed by atoms with E-state index in [9.17, 15) is 4.79 Å². The van der Waals surface area contributed by atoms with E-state index in [0.29, 0.717) is 11.3 Å². The number of benzene rings is 1. The van der Waals surface area contributed by atoms with Gasteiger partial charge in [0.25, 0.3) is 5.91 Å². The molecule has 0 radical (unpaired) electrons. The first-order valence-corrected chi connectivity index (χ1v) is 7.29. The Hall–Kier alpha value is -2.75. The van der Waals surface area contributed by atoms with Crippen molar-refractivity contribution < 1.29 is 4.79 Å². The van der Waals surface area contributed by atoms with Crippen LogP contribution in [0.4, 0.5) is 5.69 Å². The van der Waals surface area contributed by atoms with Crippen LogP contribution in [0.25, 0.3) is 10.9 Å². The van der Waals surface area contributed by atoms with Crippen LogP contribution in [0.2, 0.25) is 0 Å². The van der Waals surface area contributed by atoms with Crippen molar-refractivity contribution in [2.45, 2.75) is 20.3 Å². The summed E-state index contributed by atoms with van der Waals surface area (Å²) in [6.07, 6.45) is 4.29. The molecule has 2 heterocycles. The van der Waals surface area contributed by atoms with Crippen LogP contribution < -0.4 is 5.32 Å². The molecule has 0 atom stereocenters. The largest absolute Gasteiger partial charge is 0.322 e. The first kappa shape index (κ1) is 14.2. The maximum absolute atomic E-state index is 12.6. The average Bonchev–Trinajstić information content (AvgIpc) is 2.54. The zero-order valence-corrected chi connectivity index (χ0v) is 12.6. The number of hydrogen-bond donors (Lipinski definition) is 1. The summed E-state index contributed by atoms with van der Waals surface area (Å²) >= 11 is 0. The number of anilines is 1. The van der Waals surface area contributed by atoms with Crippen molar-refractivity contribution in [2.24, 2.45) is 0 Å². The number of pyridine rings is 2. The summed E-state index contributed by atoms with van der Waals surface area (Å²) in [4.78, 5) is 21.1. The summed E-state index contributed by atoms with van der Waals surface area (Å²) in [5.41, 5.74) is 4.10. The Morgan fingerprint density at radius 3 is 2.86 bits per heavy atom. The number of nitrogens with one attached hydrogen (secondary N) is 1. The van der Waals surface area contributed by atoms with E-state index in [1.807, 2.05) is 43.3 Å². The molecule has 0 saturated heterocycles. The van der Waals surface area contributed by atoms with Gasteiger partial charge in [-0.15, -0.1) is 0 Å². The van der Waals surface area contributed by atoms with Gasteiger partial charge in [-0.2, -0.15) is 0 Å². The lowest BCUT2D eigenvalue weighted by Crippen LogP contribution is -2.15. The van der Waals surface area contributed by atoms with E-state index in [0.717, 1.165) is 28.6 Å². The summed E-state index contributed by atoms with van der Waals surface area (Å²) in [7, 11) is 0. The molecular weight excluding hydrogens is 274 g/mol. The lowest BCUT2D eigenvalue weighted by atomic mass is 10.1. The number of hydrogen-bond acceptors (Lipinski definition) is 3. The van der Waals surface area contributed by atoms with Gasteiger partial charge in [-0.1, -0.05) is 25.1 Å². The Balaban J connectivity index is 1.97. The van der Waals surface area contributed by atoms with Crippen LogP contribution in [0.3, 0.4) is 0 Å². The van der Waals surface area contributed by atoms with Crippen molar-refractivity contribution in [2.75, 3.05) is 5.32 Å². The smallest absolute Gasteiger partial charge is 0.257 e. The molecule has 4 heteroatoms. The Morgan fingerprint density at radius 1 is 1.23 bits per heavy atom. The Morgan fingerprint density at radius 2 is 2.05 bits per heavy atom. The minimum Gasteiger partial charge on any atom is -0.322 e. The quantitative estimate of drug-likeness (QED) is 0.799. The molecule has 110 valence electrons. The van der Waals surface area contributed by atoms with Crippen LogP contribution in [0.15, 0.2) is 48.8 Å². The number of rotatable bonds is 3. The topological polar surface area (TPSA) is 54.9 Å².